The molecule has 0 saturated heterocycles. The van der Waals surface area contributed by atoms with Crippen molar-refractivity contribution in [3.63, 3.8) is 0 Å². The number of benzene rings is 2. The van der Waals surface area contributed by atoms with Crippen LogP contribution in [-0.4, -0.2) is 39.8 Å². The van der Waals surface area contributed by atoms with Gasteiger partial charge in [-0.2, -0.15) is 0 Å². The zero-order chi connectivity index (χ0) is 20.2. The van der Waals surface area contributed by atoms with Crippen molar-refractivity contribution < 1.29 is 17.9 Å². The molecule has 0 aromatic heterocycles. The molecule has 6 nitrogen and oxygen atoms in total. The number of hydrogen-bond donors (Lipinski definition) is 1. The normalized spacial score (nSPS) is 12.7. The number of carbonyl (C=O) groups is 1. The minimum absolute atomic E-state index is 0.0361. The highest BCUT2D eigenvalue weighted by Crippen LogP contribution is 2.27. The lowest BCUT2D eigenvalue weighted by molar-refractivity contribution is 0.0935. The summed E-state index contributed by atoms with van der Waals surface area (Å²) in [4.78, 5) is 12.7. The van der Waals surface area contributed by atoms with Crippen molar-refractivity contribution in [2.75, 3.05) is 21.2 Å². The number of sulfonamides is 1. The van der Waals surface area contributed by atoms with Crippen LogP contribution in [0.5, 0.6) is 5.75 Å². The number of rotatable bonds is 7. The number of hydrogen-bond acceptors (Lipinski definition) is 4. The van der Waals surface area contributed by atoms with E-state index in [2.05, 4.69) is 5.32 Å². The second-order valence-corrected chi connectivity index (χ2v) is 8.62. The standard InChI is InChI=1S/C20H26N2O4S/c1-6-17(15-9-7-14(2)8-10-15)21-20(23)16-11-12-18(26-5)19(13-16)27(24,25)22(3)4/h7-13,17H,6H2,1-5H3,(H,21,23). The van der Waals surface area contributed by atoms with Gasteiger partial charge >= 0.3 is 0 Å². The van der Waals surface area contributed by atoms with Gasteiger partial charge in [0.25, 0.3) is 5.91 Å². The minimum Gasteiger partial charge on any atom is -0.495 e. The Bertz CT molecular complexity index is 906. The molecule has 7 heteroatoms. The molecule has 1 N–H and O–H groups in total. The van der Waals surface area contributed by atoms with Crippen molar-refractivity contribution in [2.24, 2.45) is 0 Å². The van der Waals surface area contributed by atoms with E-state index in [0.29, 0.717) is 6.42 Å². The van der Waals surface area contributed by atoms with Gasteiger partial charge in [-0.15, -0.1) is 0 Å². The molecule has 2 rings (SSSR count). The van der Waals surface area contributed by atoms with Crippen molar-refractivity contribution in [2.45, 2.75) is 31.2 Å². The Morgan fingerprint density at radius 1 is 1.15 bits per heavy atom. The van der Waals surface area contributed by atoms with E-state index in [1.54, 1.807) is 6.07 Å². The summed E-state index contributed by atoms with van der Waals surface area (Å²) >= 11 is 0. The number of aryl methyl sites for hydroxylation is 1. The summed E-state index contributed by atoms with van der Waals surface area (Å²) in [5.74, 6) is -0.133. The van der Waals surface area contributed by atoms with E-state index in [-0.39, 0.29) is 28.2 Å². The predicted octanol–water partition coefficient (Wildman–Crippen LogP) is 3.14. The molecule has 0 aliphatic heterocycles. The summed E-state index contributed by atoms with van der Waals surface area (Å²) in [7, 11) is 0.532. The molecular weight excluding hydrogens is 364 g/mol. The first-order chi connectivity index (χ1) is 12.7. The van der Waals surface area contributed by atoms with Crippen LogP contribution in [0, 0.1) is 6.92 Å². The molecule has 0 fully saturated rings. The minimum atomic E-state index is -3.74. The van der Waals surface area contributed by atoms with Gasteiger partial charge < -0.3 is 10.1 Å². The van der Waals surface area contributed by atoms with Crippen molar-refractivity contribution in [3.8, 4) is 5.75 Å². The van der Waals surface area contributed by atoms with Gasteiger partial charge in [-0.25, -0.2) is 12.7 Å². The highest BCUT2D eigenvalue weighted by molar-refractivity contribution is 7.89. The van der Waals surface area contributed by atoms with E-state index >= 15 is 0 Å². The van der Waals surface area contributed by atoms with Gasteiger partial charge in [0, 0.05) is 19.7 Å². The van der Waals surface area contributed by atoms with Crippen LogP contribution in [0.1, 0.15) is 40.9 Å². The highest BCUT2D eigenvalue weighted by atomic mass is 32.2. The molecule has 0 spiro atoms. The Morgan fingerprint density at radius 2 is 1.78 bits per heavy atom. The third-order valence-corrected chi connectivity index (χ3v) is 6.21. The third kappa shape index (κ3) is 4.67. The SMILES string of the molecule is CCC(NC(=O)c1ccc(OC)c(S(=O)(=O)N(C)C)c1)c1ccc(C)cc1. The quantitative estimate of drug-likeness (QED) is 0.788. The van der Waals surface area contributed by atoms with Gasteiger partial charge in [0.2, 0.25) is 10.0 Å². The Hall–Kier alpha value is -2.38. The molecule has 0 heterocycles. The Morgan fingerprint density at radius 3 is 2.30 bits per heavy atom. The number of ether oxygens (including phenoxy) is 1. The van der Waals surface area contributed by atoms with Gasteiger partial charge in [-0.3, -0.25) is 4.79 Å². The van der Waals surface area contributed by atoms with Crippen LogP contribution in [0.4, 0.5) is 0 Å². The monoisotopic (exact) mass is 390 g/mol. The molecular formula is C20H26N2O4S. The van der Waals surface area contributed by atoms with E-state index in [0.717, 1.165) is 15.4 Å². The zero-order valence-electron chi connectivity index (χ0n) is 16.3. The van der Waals surface area contributed by atoms with Crippen molar-refractivity contribution in [1.29, 1.82) is 0 Å². The topological polar surface area (TPSA) is 75.7 Å². The zero-order valence-corrected chi connectivity index (χ0v) is 17.1. The van der Waals surface area contributed by atoms with Crippen LogP contribution in [-0.2, 0) is 10.0 Å². The number of nitrogens with one attached hydrogen (secondary N) is 1. The molecule has 2 aromatic rings. The number of carbonyl (C=O) groups excluding carboxylic acids is 1. The average molecular weight is 391 g/mol. The molecule has 0 aliphatic rings. The number of amides is 1. The maximum atomic E-state index is 12.7. The first-order valence-corrected chi connectivity index (χ1v) is 10.1. The lowest BCUT2D eigenvalue weighted by atomic mass is 10.0. The summed E-state index contributed by atoms with van der Waals surface area (Å²) < 4.78 is 31.3. The molecule has 27 heavy (non-hydrogen) atoms. The smallest absolute Gasteiger partial charge is 0.251 e. The van der Waals surface area contributed by atoms with Gasteiger partial charge in [0.05, 0.1) is 13.2 Å². The largest absolute Gasteiger partial charge is 0.495 e. The van der Waals surface area contributed by atoms with E-state index in [4.69, 9.17) is 4.74 Å². The molecule has 0 aliphatic carbocycles. The fraction of sp³-hybridized carbons (Fsp3) is 0.350. The first-order valence-electron chi connectivity index (χ1n) is 8.68. The summed E-state index contributed by atoms with van der Waals surface area (Å²) in [5, 5.41) is 2.98. The van der Waals surface area contributed by atoms with Crippen molar-refractivity contribution in [1.82, 2.24) is 9.62 Å². The van der Waals surface area contributed by atoms with Crippen LogP contribution < -0.4 is 10.1 Å². The van der Waals surface area contributed by atoms with Crippen molar-refractivity contribution in [3.05, 3.63) is 59.2 Å². The fourth-order valence-electron chi connectivity index (χ4n) is 2.68. The third-order valence-electron chi connectivity index (χ3n) is 4.38. The van der Waals surface area contributed by atoms with Crippen LogP contribution >= 0.6 is 0 Å². The van der Waals surface area contributed by atoms with E-state index in [1.165, 1.54) is 33.3 Å². The van der Waals surface area contributed by atoms with Crippen LogP contribution in [0.15, 0.2) is 47.4 Å². The molecule has 0 radical (unpaired) electrons. The molecule has 1 unspecified atom stereocenters. The summed E-state index contributed by atoms with van der Waals surface area (Å²) in [5.41, 5.74) is 2.42. The molecule has 0 saturated carbocycles. The first kappa shape index (κ1) is 20.9. The molecule has 1 amide bonds. The predicted molar refractivity (Wildman–Crippen MR) is 106 cm³/mol. The lowest BCUT2D eigenvalue weighted by Gasteiger charge is -2.19. The molecule has 2 aromatic carbocycles. The van der Waals surface area contributed by atoms with Crippen LogP contribution in [0.2, 0.25) is 0 Å². The van der Waals surface area contributed by atoms with E-state index < -0.39 is 10.0 Å². The second kappa shape index (κ2) is 8.54. The van der Waals surface area contributed by atoms with E-state index in [1.807, 2.05) is 38.1 Å². The lowest BCUT2D eigenvalue weighted by Crippen LogP contribution is -2.29. The molecule has 1 atom stereocenters. The summed E-state index contributed by atoms with van der Waals surface area (Å²) in [6.45, 7) is 3.99. The molecule has 146 valence electrons. The summed E-state index contributed by atoms with van der Waals surface area (Å²) in [6.07, 6.45) is 0.716. The molecule has 0 bridgehead atoms. The number of methoxy groups -OCH3 is 1. The van der Waals surface area contributed by atoms with Crippen molar-refractivity contribution >= 4 is 15.9 Å². The Kier molecular flexibility index (Phi) is 6.62. The van der Waals surface area contributed by atoms with Gasteiger partial charge in [-0.1, -0.05) is 36.8 Å². The van der Waals surface area contributed by atoms with Gasteiger partial charge in [0.15, 0.2) is 0 Å². The van der Waals surface area contributed by atoms with Gasteiger partial charge in [0.1, 0.15) is 10.6 Å². The van der Waals surface area contributed by atoms with Crippen LogP contribution in [0.25, 0.3) is 0 Å². The maximum absolute atomic E-state index is 12.7. The number of nitrogens with zero attached hydrogens (tertiary/aromatic N) is 1. The fourth-order valence-corrected chi connectivity index (χ4v) is 3.75. The highest BCUT2D eigenvalue weighted by Gasteiger charge is 2.24. The van der Waals surface area contributed by atoms with Crippen LogP contribution in [0.3, 0.4) is 0 Å². The summed E-state index contributed by atoms with van der Waals surface area (Å²) in [6, 6.07) is 12.2. The van der Waals surface area contributed by atoms with Gasteiger partial charge in [-0.05, 0) is 37.1 Å². The maximum Gasteiger partial charge on any atom is 0.251 e. The average Bonchev–Trinajstić information content (AvgIpc) is 2.66. The Labute approximate surface area is 161 Å². The Balaban J connectivity index is 2.34. The second-order valence-electron chi connectivity index (χ2n) is 6.50. The van der Waals surface area contributed by atoms with E-state index in [9.17, 15) is 13.2 Å².